The molecule has 5 nitrogen and oxygen atoms in total. The summed E-state index contributed by atoms with van der Waals surface area (Å²) in [5.41, 5.74) is 4.75. The zero-order valence-corrected chi connectivity index (χ0v) is 17.0. The van der Waals surface area contributed by atoms with Crippen molar-refractivity contribution in [1.82, 2.24) is 0 Å². The third-order valence-electron chi connectivity index (χ3n) is 4.64. The van der Waals surface area contributed by atoms with Crippen LogP contribution in [0.3, 0.4) is 0 Å². The van der Waals surface area contributed by atoms with Gasteiger partial charge in [-0.1, -0.05) is 50.2 Å². The molecule has 0 unspecified atom stereocenters. The number of rotatable bonds is 5. The summed E-state index contributed by atoms with van der Waals surface area (Å²) in [5.74, 6) is -0.744. The molecule has 0 radical (unpaired) electrons. The van der Waals surface area contributed by atoms with Crippen LogP contribution in [0.2, 0.25) is 0 Å². The molecule has 0 amide bonds. The number of hydrogen-bond acceptors (Lipinski definition) is 4. The van der Waals surface area contributed by atoms with Crippen molar-refractivity contribution in [2.75, 3.05) is 0 Å². The zero-order valence-electron chi connectivity index (χ0n) is 17.0. The van der Waals surface area contributed by atoms with Crippen LogP contribution >= 0.6 is 0 Å². The van der Waals surface area contributed by atoms with Gasteiger partial charge in [-0.15, -0.1) is 0 Å². The van der Waals surface area contributed by atoms with E-state index in [1.807, 2.05) is 24.3 Å². The smallest absolute Gasteiger partial charge is 0.339 e. The van der Waals surface area contributed by atoms with E-state index in [-0.39, 0.29) is 22.8 Å². The van der Waals surface area contributed by atoms with Crippen LogP contribution < -0.4 is 0 Å². The summed E-state index contributed by atoms with van der Waals surface area (Å²) in [6.07, 6.45) is 1.85. The highest BCUT2D eigenvalue weighted by Gasteiger charge is 2.09. The minimum absolute atomic E-state index is 0.0671. The minimum Gasteiger partial charge on any atom is -0.508 e. The van der Waals surface area contributed by atoms with Gasteiger partial charge in [0.25, 0.3) is 0 Å². The third kappa shape index (κ3) is 5.88. The molecule has 0 bridgehead atoms. The molecule has 156 valence electrons. The number of phenolic OH excluding ortho intramolecular Hbond substituents is 2. The molecule has 0 aromatic heterocycles. The van der Waals surface area contributed by atoms with E-state index >= 15 is 0 Å². The van der Waals surface area contributed by atoms with Gasteiger partial charge in [0.15, 0.2) is 0 Å². The molecule has 0 fully saturated rings. The number of carboxylic acids is 1. The van der Waals surface area contributed by atoms with Crippen molar-refractivity contribution in [2.24, 2.45) is 0 Å². The SMILES string of the molecule is CC/C(=C(/CC)c1ccc(O)cc1)c1ccc(O)cc1.O=C(O)c1ccccc1O. The third-order valence-corrected chi connectivity index (χ3v) is 4.64. The van der Waals surface area contributed by atoms with Gasteiger partial charge in [-0.25, -0.2) is 4.79 Å². The molecular weight excluding hydrogens is 380 g/mol. The maximum atomic E-state index is 10.3. The first-order chi connectivity index (χ1) is 14.4. The largest absolute Gasteiger partial charge is 0.508 e. The molecular formula is C25H26O5. The molecule has 0 heterocycles. The predicted molar refractivity (Wildman–Crippen MR) is 119 cm³/mol. The Bertz CT molecular complexity index is 947. The van der Waals surface area contributed by atoms with Crippen molar-refractivity contribution in [3.8, 4) is 17.2 Å². The van der Waals surface area contributed by atoms with E-state index in [4.69, 9.17) is 10.2 Å². The average Bonchev–Trinajstić information content (AvgIpc) is 2.74. The molecule has 0 spiro atoms. The Morgan fingerprint density at radius 1 is 0.667 bits per heavy atom. The highest BCUT2D eigenvalue weighted by molar-refractivity contribution is 5.91. The monoisotopic (exact) mass is 406 g/mol. The quantitative estimate of drug-likeness (QED) is 0.394. The van der Waals surface area contributed by atoms with Gasteiger partial charge >= 0.3 is 5.97 Å². The number of aromatic hydroxyl groups is 3. The van der Waals surface area contributed by atoms with E-state index in [0.717, 1.165) is 24.0 Å². The second-order valence-corrected chi connectivity index (χ2v) is 6.58. The molecule has 0 aliphatic rings. The molecule has 0 aliphatic carbocycles. The van der Waals surface area contributed by atoms with E-state index in [1.54, 1.807) is 36.4 Å². The van der Waals surface area contributed by atoms with Crippen molar-refractivity contribution in [1.29, 1.82) is 0 Å². The topological polar surface area (TPSA) is 98.0 Å². The lowest BCUT2D eigenvalue weighted by Gasteiger charge is -2.14. The number of allylic oxidation sites excluding steroid dienone is 2. The fraction of sp³-hybridized carbons (Fsp3) is 0.160. The van der Waals surface area contributed by atoms with Crippen LogP contribution in [0.25, 0.3) is 11.1 Å². The Hall–Kier alpha value is -3.73. The van der Waals surface area contributed by atoms with Crippen LogP contribution in [0.1, 0.15) is 48.2 Å². The second kappa shape index (κ2) is 10.7. The first-order valence-electron chi connectivity index (χ1n) is 9.69. The second-order valence-electron chi connectivity index (χ2n) is 6.58. The van der Waals surface area contributed by atoms with Gasteiger partial charge in [0, 0.05) is 0 Å². The van der Waals surface area contributed by atoms with Crippen molar-refractivity contribution in [3.05, 3.63) is 89.5 Å². The van der Waals surface area contributed by atoms with Gasteiger partial charge in [-0.2, -0.15) is 0 Å². The fourth-order valence-corrected chi connectivity index (χ4v) is 3.16. The Kier molecular flexibility index (Phi) is 8.06. The lowest BCUT2D eigenvalue weighted by Crippen LogP contribution is -1.95. The number of aromatic carboxylic acids is 1. The summed E-state index contributed by atoms with van der Waals surface area (Å²) in [5, 5.41) is 36.1. The van der Waals surface area contributed by atoms with Crippen LogP contribution in [0.5, 0.6) is 17.2 Å². The Morgan fingerprint density at radius 3 is 1.37 bits per heavy atom. The van der Waals surface area contributed by atoms with E-state index in [1.165, 1.54) is 23.3 Å². The standard InChI is InChI=1S/C18H20O2.C7H6O3/c1-3-17(13-5-9-15(19)10-6-13)18(4-2)14-7-11-16(20)12-8-14;8-6-4-2-1-3-5(6)7(9)10/h5-12,19-20H,3-4H2,1-2H3;1-4,8H,(H,9,10)/b18-17+;. The molecule has 0 aliphatic heterocycles. The molecule has 0 saturated heterocycles. The number of phenols is 3. The van der Waals surface area contributed by atoms with Crippen LogP contribution in [-0.4, -0.2) is 26.4 Å². The summed E-state index contributed by atoms with van der Waals surface area (Å²) in [6.45, 7) is 4.27. The van der Waals surface area contributed by atoms with Gasteiger partial charge in [-0.05, 0) is 71.5 Å². The minimum atomic E-state index is -1.11. The van der Waals surface area contributed by atoms with Crippen LogP contribution in [-0.2, 0) is 0 Å². The summed E-state index contributed by atoms with van der Waals surface area (Å²) < 4.78 is 0. The Morgan fingerprint density at radius 2 is 1.07 bits per heavy atom. The lowest BCUT2D eigenvalue weighted by atomic mass is 9.91. The molecule has 30 heavy (non-hydrogen) atoms. The molecule has 3 rings (SSSR count). The van der Waals surface area contributed by atoms with E-state index in [2.05, 4.69) is 13.8 Å². The molecule has 4 N–H and O–H groups in total. The lowest BCUT2D eigenvalue weighted by molar-refractivity contribution is 0.0693. The van der Waals surface area contributed by atoms with E-state index in [9.17, 15) is 15.0 Å². The summed E-state index contributed by atoms with van der Waals surface area (Å²) in [4.78, 5) is 10.3. The number of carboxylic acid groups (broad SMARTS) is 1. The van der Waals surface area contributed by atoms with Gasteiger partial charge < -0.3 is 20.4 Å². The van der Waals surface area contributed by atoms with Crippen LogP contribution in [0, 0.1) is 0 Å². The van der Waals surface area contributed by atoms with E-state index < -0.39 is 5.97 Å². The van der Waals surface area contributed by atoms with Gasteiger partial charge in [0.1, 0.15) is 22.8 Å². The van der Waals surface area contributed by atoms with Crippen LogP contribution in [0.15, 0.2) is 72.8 Å². The first kappa shape index (κ1) is 22.6. The predicted octanol–water partition coefficient (Wildman–Crippen LogP) is 5.92. The molecule has 0 atom stereocenters. The normalized spacial score (nSPS) is 11.1. The zero-order chi connectivity index (χ0) is 22.1. The van der Waals surface area contributed by atoms with Gasteiger partial charge in [0.2, 0.25) is 0 Å². The molecule has 3 aromatic carbocycles. The van der Waals surface area contributed by atoms with Crippen LogP contribution in [0.4, 0.5) is 0 Å². The Balaban J connectivity index is 0.000000269. The number of carbonyl (C=O) groups is 1. The summed E-state index contributed by atoms with van der Waals surface area (Å²) in [6, 6.07) is 20.5. The Labute approximate surface area is 176 Å². The van der Waals surface area contributed by atoms with Crippen molar-refractivity contribution < 1.29 is 25.2 Å². The number of para-hydroxylation sites is 1. The average molecular weight is 406 g/mol. The highest BCUT2D eigenvalue weighted by Crippen LogP contribution is 2.32. The maximum absolute atomic E-state index is 10.3. The molecule has 3 aromatic rings. The van der Waals surface area contributed by atoms with Crippen molar-refractivity contribution in [3.63, 3.8) is 0 Å². The van der Waals surface area contributed by atoms with E-state index in [0.29, 0.717) is 0 Å². The number of hydrogen-bond donors (Lipinski definition) is 4. The summed E-state index contributed by atoms with van der Waals surface area (Å²) in [7, 11) is 0. The van der Waals surface area contributed by atoms with Crippen molar-refractivity contribution in [2.45, 2.75) is 26.7 Å². The first-order valence-corrected chi connectivity index (χ1v) is 9.69. The molecule has 5 heteroatoms. The molecule has 0 saturated carbocycles. The van der Waals surface area contributed by atoms with Gasteiger partial charge in [0.05, 0.1) is 0 Å². The highest BCUT2D eigenvalue weighted by atomic mass is 16.4. The van der Waals surface area contributed by atoms with Crippen molar-refractivity contribution >= 4 is 17.1 Å². The van der Waals surface area contributed by atoms with Gasteiger partial charge in [-0.3, -0.25) is 0 Å². The fourth-order valence-electron chi connectivity index (χ4n) is 3.16. The maximum Gasteiger partial charge on any atom is 0.339 e. The summed E-state index contributed by atoms with van der Waals surface area (Å²) >= 11 is 0. The number of benzene rings is 3.